The fraction of sp³-hybridized carbons (Fsp3) is 1.00. The van der Waals surface area contributed by atoms with Gasteiger partial charge >= 0.3 is 0 Å². The molecular weight excluding hydrogens is 90.9 g/mol. The Balaban J connectivity index is 2.45. The zero-order chi connectivity index (χ0) is 5.54. The van der Waals surface area contributed by atoms with Crippen LogP contribution in [0.1, 0.15) is 6.92 Å². The summed E-state index contributed by atoms with van der Waals surface area (Å²) in [6, 6.07) is 0. The molecule has 0 amide bonds. The lowest BCUT2D eigenvalue weighted by Gasteiger charge is -1.96. The maximum absolute atomic E-state index is 4.95. The van der Waals surface area contributed by atoms with Crippen molar-refractivity contribution < 1.29 is 9.39 Å². The van der Waals surface area contributed by atoms with Crippen LogP contribution in [0.2, 0.25) is 0 Å². The molecule has 0 aliphatic rings. The molecule has 0 rings (SSSR count). The van der Waals surface area contributed by atoms with Crippen molar-refractivity contribution in [2.24, 2.45) is 0 Å². The molecule has 0 aliphatic carbocycles. The highest BCUT2D eigenvalue weighted by atomic mass is 16.5. The first-order chi connectivity index (χ1) is 3.41. The van der Waals surface area contributed by atoms with Gasteiger partial charge in [0.15, 0.2) is 0 Å². The Labute approximate surface area is 45.2 Å². The number of ether oxygens (including phenoxy) is 1. The molecule has 0 saturated carbocycles. The van der Waals surface area contributed by atoms with E-state index in [-0.39, 0.29) is 0 Å². The van der Waals surface area contributed by atoms with Gasteiger partial charge in [-0.1, -0.05) is 0 Å². The van der Waals surface area contributed by atoms with Crippen LogP contribution in [-0.2, 0) is 9.39 Å². The van der Waals surface area contributed by atoms with Crippen LogP contribution in [0, 0.1) is 0 Å². The standard InChI is InChI=1S/C4H11BO2/c1-2-6-3-4-7-5/h2-5H2,1H3. The van der Waals surface area contributed by atoms with Gasteiger partial charge in [0.05, 0.1) is 13.2 Å². The molecule has 3 heteroatoms. The number of hydrogen-bond donors (Lipinski definition) is 0. The van der Waals surface area contributed by atoms with E-state index in [9.17, 15) is 0 Å². The van der Waals surface area contributed by atoms with Crippen molar-refractivity contribution in [1.82, 2.24) is 0 Å². The van der Waals surface area contributed by atoms with Crippen LogP contribution in [0.4, 0.5) is 0 Å². The molecule has 2 nitrogen and oxygen atoms in total. The second kappa shape index (κ2) is 5.98. The summed E-state index contributed by atoms with van der Waals surface area (Å²) in [5.74, 6) is 0. The topological polar surface area (TPSA) is 18.5 Å². The van der Waals surface area contributed by atoms with Crippen LogP contribution >= 0.6 is 0 Å². The fourth-order valence-electron chi connectivity index (χ4n) is 0.287. The van der Waals surface area contributed by atoms with Gasteiger partial charge in [-0.2, -0.15) is 0 Å². The Bertz CT molecular complexity index is 28.9. The lowest BCUT2D eigenvalue weighted by atomic mass is 10.6. The minimum absolute atomic E-state index is 0.702. The second-order valence-electron chi connectivity index (χ2n) is 1.19. The van der Waals surface area contributed by atoms with Gasteiger partial charge < -0.3 is 9.39 Å². The second-order valence-corrected chi connectivity index (χ2v) is 1.19. The Morgan fingerprint density at radius 1 is 1.43 bits per heavy atom. The van der Waals surface area contributed by atoms with E-state index in [0.29, 0.717) is 13.2 Å². The summed E-state index contributed by atoms with van der Waals surface area (Å²) in [4.78, 5) is 0. The molecule has 0 aromatic heterocycles. The summed E-state index contributed by atoms with van der Waals surface area (Å²) < 4.78 is 9.67. The van der Waals surface area contributed by atoms with E-state index >= 15 is 0 Å². The molecule has 0 N–H and O–H groups in total. The van der Waals surface area contributed by atoms with Crippen LogP contribution in [0.3, 0.4) is 0 Å². The van der Waals surface area contributed by atoms with Crippen LogP contribution in [0.15, 0.2) is 0 Å². The summed E-state index contributed by atoms with van der Waals surface area (Å²) >= 11 is 0. The molecule has 0 saturated heterocycles. The fourth-order valence-corrected chi connectivity index (χ4v) is 0.287. The smallest absolute Gasteiger partial charge is 0.257 e. The van der Waals surface area contributed by atoms with Crippen LogP contribution in [-0.4, -0.2) is 27.9 Å². The van der Waals surface area contributed by atoms with Gasteiger partial charge in [0, 0.05) is 6.61 Å². The van der Waals surface area contributed by atoms with Gasteiger partial charge in [-0.05, 0) is 6.92 Å². The van der Waals surface area contributed by atoms with Crippen molar-refractivity contribution in [3.8, 4) is 0 Å². The van der Waals surface area contributed by atoms with E-state index in [1.165, 1.54) is 0 Å². The Morgan fingerprint density at radius 2 is 2.14 bits per heavy atom. The predicted octanol–water partition coefficient (Wildman–Crippen LogP) is -0.412. The Morgan fingerprint density at radius 3 is 2.57 bits per heavy atom. The molecule has 0 fully saturated rings. The summed E-state index contributed by atoms with van der Waals surface area (Å²) in [6.07, 6.45) is 0. The lowest BCUT2D eigenvalue weighted by Crippen LogP contribution is -2.00. The van der Waals surface area contributed by atoms with E-state index in [4.69, 9.17) is 9.39 Å². The summed E-state index contributed by atoms with van der Waals surface area (Å²) in [5.41, 5.74) is 0. The van der Waals surface area contributed by atoms with Crippen LogP contribution < -0.4 is 0 Å². The molecule has 0 unspecified atom stereocenters. The van der Waals surface area contributed by atoms with Crippen molar-refractivity contribution in [3.63, 3.8) is 0 Å². The first-order valence-corrected chi connectivity index (χ1v) is 2.48. The van der Waals surface area contributed by atoms with Crippen molar-refractivity contribution in [2.75, 3.05) is 19.8 Å². The van der Waals surface area contributed by atoms with E-state index in [1.807, 2.05) is 6.92 Å². The molecule has 0 heterocycles. The van der Waals surface area contributed by atoms with Crippen LogP contribution in [0.5, 0.6) is 0 Å². The average Bonchev–Trinajstić information content (AvgIpc) is 1.69. The zero-order valence-corrected chi connectivity index (χ0v) is 4.94. The number of hydrogen-bond acceptors (Lipinski definition) is 2. The monoisotopic (exact) mass is 102 g/mol. The normalized spacial score (nSPS) is 9.29. The molecule has 0 aromatic carbocycles. The first-order valence-electron chi connectivity index (χ1n) is 2.48. The quantitative estimate of drug-likeness (QED) is 0.354. The molecule has 0 atom stereocenters. The zero-order valence-electron chi connectivity index (χ0n) is 4.94. The SMILES string of the molecule is BOCCOCC. The van der Waals surface area contributed by atoms with Crippen LogP contribution in [0.25, 0.3) is 0 Å². The third kappa shape index (κ3) is 5.98. The van der Waals surface area contributed by atoms with Crippen molar-refractivity contribution in [2.45, 2.75) is 6.92 Å². The molecule has 0 aliphatic heterocycles. The van der Waals surface area contributed by atoms with Gasteiger partial charge in [0.2, 0.25) is 0 Å². The number of rotatable bonds is 4. The van der Waals surface area contributed by atoms with E-state index in [0.717, 1.165) is 6.61 Å². The molecule has 0 bridgehead atoms. The van der Waals surface area contributed by atoms with Gasteiger partial charge in [-0.25, -0.2) is 0 Å². The summed E-state index contributed by atoms with van der Waals surface area (Å²) in [5, 5.41) is 0. The maximum atomic E-state index is 4.95. The van der Waals surface area contributed by atoms with Crippen molar-refractivity contribution in [3.05, 3.63) is 0 Å². The first kappa shape index (κ1) is 6.98. The van der Waals surface area contributed by atoms with Gasteiger partial charge in [-0.15, -0.1) is 0 Å². The molecule has 42 valence electrons. The average molecular weight is 102 g/mol. The molecule has 7 heavy (non-hydrogen) atoms. The maximum Gasteiger partial charge on any atom is 0.257 e. The van der Waals surface area contributed by atoms with Gasteiger partial charge in [0.25, 0.3) is 8.05 Å². The minimum Gasteiger partial charge on any atom is -0.442 e. The van der Waals surface area contributed by atoms with Crippen molar-refractivity contribution >= 4 is 8.05 Å². The lowest BCUT2D eigenvalue weighted by molar-refractivity contribution is 0.114. The molecular formula is C4H11BO2. The highest BCUT2D eigenvalue weighted by Gasteiger charge is 1.77. The van der Waals surface area contributed by atoms with E-state index < -0.39 is 0 Å². The van der Waals surface area contributed by atoms with E-state index in [1.54, 1.807) is 8.05 Å². The molecule has 0 aromatic rings. The largest absolute Gasteiger partial charge is 0.442 e. The van der Waals surface area contributed by atoms with E-state index in [2.05, 4.69) is 0 Å². The third-order valence-electron chi connectivity index (χ3n) is 0.636. The summed E-state index contributed by atoms with van der Waals surface area (Å²) in [7, 11) is 1.67. The van der Waals surface area contributed by atoms with Crippen molar-refractivity contribution in [1.29, 1.82) is 0 Å². The summed E-state index contributed by atoms with van der Waals surface area (Å²) in [6.45, 7) is 4.17. The third-order valence-corrected chi connectivity index (χ3v) is 0.636. The minimum atomic E-state index is 0.702. The molecule has 0 radical (unpaired) electrons. The Hall–Kier alpha value is -0.0151. The molecule has 0 spiro atoms. The highest BCUT2D eigenvalue weighted by Crippen LogP contribution is 1.71. The Kier molecular flexibility index (Phi) is 5.97. The predicted molar refractivity (Wildman–Crippen MR) is 31.0 cm³/mol. The highest BCUT2D eigenvalue weighted by molar-refractivity contribution is 5.97. The van der Waals surface area contributed by atoms with Gasteiger partial charge in [0.1, 0.15) is 0 Å². The van der Waals surface area contributed by atoms with Gasteiger partial charge in [-0.3, -0.25) is 0 Å².